The molecule has 0 bridgehead atoms. The van der Waals surface area contributed by atoms with E-state index in [0.29, 0.717) is 34.7 Å². The SMILES string of the molecule is O=C1C[C@@H](c2cccc(Cl)c2)C2(C(=O)Nc3cc(Cl)ccc32)[C@@H](c2cc(I)ccc2OC2CCOCC2)N1. The Morgan fingerprint density at radius 3 is 2.55 bits per heavy atom. The minimum atomic E-state index is -1.16. The monoisotopic (exact) mass is 662 g/mol. The number of benzene rings is 3. The van der Waals surface area contributed by atoms with Crippen molar-refractivity contribution < 1.29 is 19.1 Å². The van der Waals surface area contributed by atoms with Gasteiger partial charge in [0.05, 0.1) is 19.3 Å². The van der Waals surface area contributed by atoms with Gasteiger partial charge in [-0.2, -0.15) is 0 Å². The van der Waals surface area contributed by atoms with Crippen molar-refractivity contribution in [1.29, 1.82) is 0 Å². The predicted molar refractivity (Wildman–Crippen MR) is 155 cm³/mol. The van der Waals surface area contributed by atoms with E-state index in [0.717, 1.165) is 33.1 Å². The van der Waals surface area contributed by atoms with Crippen LogP contribution in [0.5, 0.6) is 5.75 Å². The number of anilines is 1. The number of amides is 2. The van der Waals surface area contributed by atoms with Gasteiger partial charge in [-0.05, 0) is 76.2 Å². The predicted octanol–water partition coefficient (Wildman–Crippen LogP) is 6.39. The Bertz CT molecular complexity index is 1430. The molecule has 0 aliphatic carbocycles. The first-order chi connectivity index (χ1) is 18.4. The maximum absolute atomic E-state index is 14.3. The number of carbonyl (C=O) groups is 2. The first-order valence-electron chi connectivity index (χ1n) is 12.6. The van der Waals surface area contributed by atoms with Crippen molar-refractivity contribution in [1.82, 2.24) is 5.32 Å². The minimum Gasteiger partial charge on any atom is -0.490 e. The van der Waals surface area contributed by atoms with Crippen LogP contribution in [0.3, 0.4) is 0 Å². The van der Waals surface area contributed by atoms with Crippen molar-refractivity contribution in [3.05, 3.63) is 91.0 Å². The zero-order chi connectivity index (χ0) is 26.4. The normalized spacial score (nSPS) is 25.1. The smallest absolute Gasteiger partial charge is 0.238 e. The number of piperidine rings is 1. The number of carbonyl (C=O) groups excluding carboxylic acids is 2. The van der Waals surface area contributed by atoms with Gasteiger partial charge in [0.15, 0.2) is 0 Å². The van der Waals surface area contributed by atoms with Gasteiger partial charge in [-0.1, -0.05) is 41.4 Å². The van der Waals surface area contributed by atoms with Crippen molar-refractivity contribution >= 4 is 63.3 Å². The lowest BCUT2D eigenvalue weighted by Crippen LogP contribution is -2.57. The van der Waals surface area contributed by atoms with E-state index in [1.54, 1.807) is 18.2 Å². The largest absolute Gasteiger partial charge is 0.490 e. The molecule has 3 atom stereocenters. The topological polar surface area (TPSA) is 76.7 Å². The van der Waals surface area contributed by atoms with E-state index in [1.165, 1.54) is 0 Å². The highest BCUT2D eigenvalue weighted by Crippen LogP contribution is 2.58. The lowest BCUT2D eigenvalue weighted by Gasteiger charge is -2.46. The molecule has 1 unspecified atom stereocenters. The van der Waals surface area contributed by atoms with Crippen LogP contribution in [0.25, 0.3) is 0 Å². The first-order valence-corrected chi connectivity index (χ1v) is 14.4. The number of ether oxygens (including phenoxy) is 2. The molecule has 1 spiro atoms. The summed E-state index contributed by atoms with van der Waals surface area (Å²) in [5, 5.41) is 7.34. The number of rotatable bonds is 4. The van der Waals surface area contributed by atoms with Gasteiger partial charge in [0.2, 0.25) is 11.8 Å². The lowest BCUT2D eigenvalue weighted by molar-refractivity contribution is -0.131. The van der Waals surface area contributed by atoms with Crippen LogP contribution in [0.15, 0.2) is 60.7 Å². The number of halogens is 3. The van der Waals surface area contributed by atoms with Crippen LogP contribution in [-0.4, -0.2) is 31.1 Å². The molecular weight excluding hydrogens is 638 g/mol. The molecule has 2 N–H and O–H groups in total. The molecule has 0 radical (unpaired) electrons. The average molecular weight is 663 g/mol. The minimum absolute atomic E-state index is 0.00923. The van der Waals surface area contributed by atoms with E-state index in [9.17, 15) is 9.59 Å². The maximum atomic E-state index is 14.3. The van der Waals surface area contributed by atoms with Gasteiger partial charge in [0.25, 0.3) is 0 Å². The molecular formula is C29H25Cl2IN2O4. The van der Waals surface area contributed by atoms with Gasteiger partial charge in [0, 0.05) is 50.0 Å². The van der Waals surface area contributed by atoms with E-state index >= 15 is 0 Å². The Kier molecular flexibility index (Phi) is 7.05. The first kappa shape index (κ1) is 25.9. The molecule has 2 amide bonds. The fourth-order valence-corrected chi connectivity index (χ4v) is 6.98. The Hall–Kier alpha value is -2.33. The van der Waals surface area contributed by atoms with Crippen molar-refractivity contribution in [2.45, 2.75) is 42.7 Å². The fourth-order valence-electron chi connectivity index (χ4n) is 6.10. The van der Waals surface area contributed by atoms with Crippen molar-refractivity contribution in [3.8, 4) is 5.75 Å². The third-order valence-electron chi connectivity index (χ3n) is 7.75. The summed E-state index contributed by atoms with van der Waals surface area (Å²) in [6.07, 6.45) is 1.68. The highest BCUT2D eigenvalue weighted by atomic mass is 127. The van der Waals surface area contributed by atoms with Crippen LogP contribution in [0.1, 0.15) is 47.9 Å². The zero-order valence-corrected chi connectivity index (χ0v) is 24.0. The van der Waals surface area contributed by atoms with Crippen LogP contribution in [0.2, 0.25) is 10.0 Å². The quantitative estimate of drug-likeness (QED) is 0.318. The Balaban J connectivity index is 1.57. The molecule has 3 aromatic rings. The molecule has 3 aromatic carbocycles. The summed E-state index contributed by atoms with van der Waals surface area (Å²) in [6.45, 7) is 1.28. The van der Waals surface area contributed by atoms with Gasteiger partial charge in [-0.3, -0.25) is 9.59 Å². The Morgan fingerprint density at radius 2 is 1.76 bits per heavy atom. The summed E-state index contributed by atoms with van der Waals surface area (Å²) in [5.74, 6) is -0.155. The molecule has 2 fully saturated rings. The van der Waals surface area contributed by atoms with Crippen LogP contribution < -0.4 is 15.4 Å². The molecule has 0 saturated carbocycles. The highest BCUT2D eigenvalue weighted by molar-refractivity contribution is 14.1. The van der Waals surface area contributed by atoms with Crippen LogP contribution in [0.4, 0.5) is 5.69 Å². The molecule has 3 heterocycles. The molecule has 6 nitrogen and oxygen atoms in total. The molecule has 0 aromatic heterocycles. The van der Waals surface area contributed by atoms with Gasteiger partial charge in [0.1, 0.15) is 17.3 Å². The second-order valence-electron chi connectivity index (χ2n) is 9.94. The summed E-state index contributed by atoms with van der Waals surface area (Å²) in [7, 11) is 0. The molecule has 2 saturated heterocycles. The second kappa shape index (κ2) is 10.3. The summed E-state index contributed by atoms with van der Waals surface area (Å²) in [5.41, 5.74) is 1.87. The molecule has 9 heteroatoms. The van der Waals surface area contributed by atoms with Gasteiger partial charge < -0.3 is 20.1 Å². The molecule has 3 aliphatic heterocycles. The zero-order valence-electron chi connectivity index (χ0n) is 20.3. The molecule has 3 aliphatic rings. The number of fused-ring (bicyclic) bond motifs is 2. The maximum Gasteiger partial charge on any atom is 0.238 e. The summed E-state index contributed by atoms with van der Waals surface area (Å²) in [4.78, 5) is 27.6. The van der Waals surface area contributed by atoms with E-state index in [2.05, 4.69) is 33.2 Å². The summed E-state index contributed by atoms with van der Waals surface area (Å²) < 4.78 is 13.0. The fraction of sp³-hybridized carbons (Fsp3) is 0.310. The molecule has 196 valence electrons. The highest BCUT2D eigenvalue weighted by Gasteiger charge is 2.61. The number of nitrogens with one attached hydrogen (secondary N) is 2. The Labute approximate surface area is 244 Å². The second-order valence-corrected chi connectivity index (χ2v) is 12.1. The van der Waals surface area contributed by atoms with Gasteiger partial charge in [-0.25, -0.2) is 0 Å². The van der Waals surface area contributed by atoms with E-state index < -0.39 is 17.4 Å². The Morgan fingerprint density at radius 1 is 0.974 bits per heavy atom. The summed E-state index contributed by atoms with van der Waals surface area (Å²) in [6, 6.07) is 18.1. The van der Waals surface area contributed by atoms with E-state index in [-0.39, 0.29) is 24.3 Å². The van der Waals surface area contributed by atoms with Crippen LogP contribution in [-0.2, 0) is 19.7 Å². The number of hydrogen-bond donors (Lipinski definition) is 2. The number of hydrogen-bond acceptors (Lipinski definition) is 4. The van der Waals surface area contributed by atoms with Crippen molar-refractivity contribution in [3.63, 3.8) is 0 Å². The molecule has 6 rings (SSSR count). The lowest BCUT2D eigenvalue weighted by atomic mass is 9.59. The van der Waals surface area contributed by atoms with Crippen molar-refractivity contribution in [2.75, 3.05) is 18.5 Å². The van der Waals surface area contributed by atoms with Gasteiger partial charge in [-0.15, -0.1) is 0 Å². The van der Waals surface area contributed by atoms with E-state index in [4.69, 9.17) is 32.7 Å². The third-order valence-corrected chi connectivity index (χ3v) is 8.89. The third kappa shape index (κ3) is 4.47. The van der Waals surface area contributed by atoms with Gasteiger partial charge >= 0.3 is 0 Å². The van der Waals surface area contributed by atoms with Crippen LogP contribution in [0, 0.1) is 3.57 Å². The summed E-state index contributed by atoms with van der Waals surface area (Å²) >= 11 is 15.0. The standard InChI is InChI=1S/C29H25Cl2IN2O4/c30-17-3-1-2-16(12-17)23-15-26(35)34-27(29(23)22-6-4-18(31)13-24(22)33-28(29)36)21-14-19(32)5-7-25(21)38-20-8-10-37-11-9-20/h1-7,12-14,20,23,27H,8-11,15H2,(H,33,36)(H,34,35)/t23-,27+,29?/m0/s1. The van der Waals surface area contributed by atoms with Crippen LogP contribution >= 0.6 is 45.8 Å². The molecule has 38 heavy (non-hydrogen) atoms. The average Bonchev–Trinajstić information content (AvgIpc) is 3.18. The van der Waals surface area contributed by atoms with E-state index in [1.807, 2.05) is 42.5 Å². The van der Waals surface area contributed by atoms with Crippen molar-refractivity contribution in [2.24, 2.45) is 0 Å².